The quantitative estimate of drug-likeness (QED) is 0.808. The number of amides is 1. The van der Waals surface area contributed by atoms with E-state index in [0.717, 1.165) is 16.8 Å². The molecule has 3 rings (SSSR count). The zero-order chi connectivity index (χ0) is 18.0. The average Bonchev–Trinajstić information content (AvgIpc) is 2.92. The highest BCUT2D eigenvalue weighted by atomic mass is 16.5. The normalized spacial score (nSPS) is 15.9. The Morgan fingerprint density at radius 1 is 0.960 bits per heavy atom. The molecule has 1 amide bonds. The van der Waals surface area contributed by atoms with Crippen LogP contribution in [0.1, 0.15) is 24.0 Å². The lowest BCUT2D eigenvalue weighted by Gasteiger charge is -2.18. The lowest BCUT2D eigenvalue weighted by Crippen LogP contribution is -2.29. The Balaban J connectivity index is 2.02. The molecule has 132 valence electrons. The van der Waals surface area contributed by atoms with Gasteiger partial charge in [0.25, 0.3) is 0 Å². The summed E-state index contributed by atoms with van der Waals surface area (Å²) in [7, 11) is 4.77. The van der Waals surface area contributed by atoms with E-state index in [-0.39, 0.29) is 11.8 Å². The summed E-state index contributed by atoms with van der Waals surface area (Å²) >= 11 is 0. The molecule has 0 aliphatic carbocycles. The van der Waals surface area contributed by atoms with Crippen molar-refractivity contribution >= 4 is 11.6 Å². The highest BCUT2D eigenvalue weighted by Gasteiger charge is 2.36. The first-order valence-corrected chi connectivity index (χ1v) is 8.34. The molecule has 1 aliphatic rings. The second kappa shape index (κ2) is 7.05. The van der Waals surface area contributed by atoms with Gasteiger partial charge in [0.2, 0.25) is 11.7 Å². The number of benzene rings is 2. The largest absolute Gasteiger partial charge is 0.493 e. The summed E-state index contributed by atoms with van der Waals surface area (Å²) in [5.74, 6) is 1.68. The predicted octanol–water partition coefficient (Wildman–Crippen LogP) is 3.41. The zero-order valence-electron chi connectivity index (χ0n) is 15.0. The molecule has 0 radical (unpaired) electrons. The lowest BCUT2D eigenvalue weighted by atomic mass is 9.92. The van der Waals surface area contributed by atoms with Crippen LogP contribution < -0.4 is 19.1 Å². The van der Waals surface area contributed by atoms with Gasteiger partial charge in [-0.15, -0.1) is 0 Å². The molecule has 25 heavy (non-hydrogen) atoms. The van der Waals surface area contributed by atoms with Gasteiger partial charge in [-0.1, -0.05) is 24.3 Å². The van der Waals surface area contributed by atoms with E-state index in [4.69, 9.17) is 14.2 Å². The van der Waals surface area contributed by atoms with Crippen molar-refractivity contribution in [1.29, 1.82) is 0 Å². The molecule has 2 aromatic rings. The standard InChI is InChI=1S/C20H23NO4/c1-5-21-16-9-7-6-8-14(16)15(20(21)22)12-13-10-11-17(23-2)19(25-4)18(13)24-3/h6-11,15H,5,12H2,1-4H3/t15-/m0/s1. The van der Waals surface area contributed by atoms with Crippen molar-refractivity contribution in [2.75, 3.05) is 32.8 Å². The molecular formula is C20H23NO4. The van der Waals surface area contributed by atoms with Gasteiger partial charge in [-0.05, 0) is 36.6 Å². The third kappa shape index (κ3) is 2.80. The molecule has 1 aliphatic heterocycles. The summed E-state index contributed by atoms with van der Waals surface area (Å²) in [4.78, 5) is 14.7. The van der Waals surface area contributed by atoms with Crippen molar-refractivity contribution in [3.8, 4) is 17.2 Å². The average molecular weight is 341 g/mol. The van der Waals surface area contributed by atoms with Crippen LogP contribution in [-0.2, 0) is 11.2 Å². The first-order chi connectivity index (χ1) is 12.2. The molecule has 0 bridgehead atoms. The Morgan fingerprint density at radius 3 is 2.32 bits per heavy atom. The van der Waals surface area contributed by atoms with E-state index in [1.807, 2.05) is 48.2 Å². The number of nitrogens with zero attached hydrogens (tertiary/aromatic N) is 1. The van der Waals surface area contributed by atoms with E-state index in [2.05, 4.69) is 0 Å². The Hall–Kier alpha value is -2.69. The van der Waals surface area contributed by atoms with Gasteiger partial charge in [0, 0.05) is 12.2 Å². The number of carbonyl (C=O) groups excluding carboxylic acids is 1. The molecule has 0 fully saturated rings. The van der Waals surface area contributed by atoms with Crippen molar-refractivity contribution in [2.45, 2.75) is 19.3 Å². The number of ether oxygens (including phenoxy) is 3. The second-order valence-electron chi connectivity index (χ2n) is 5.89. The van der Waals surface area contributed by atoms with Gasteiger partial charge in [0.1, 0.15) is 0 Å². The summed E-state index contributed by atoms with van der Waals surface area (Å²) in [5, 5.41) is 0. The number of rotatable bonds is 6. The van der Waals surface area contributed by atoms with Crippen LogP contribution in [0.5, 0.6) is 17.2 Å². The van der Waals surface area contributed by atoms with Crippen molar-refractivity contribution in [3.05, 3.63) is 47.5 Å². The predicted molar refractivity (Wildman–Crippen MR) is 97.0 cm³/mol. The smallest absolute Gasteiger partial charge is 0.234 e. The Bertz CT molecular complexity index is 787. The first-order valence-electron chi connectivity index (χ1n) is 8.34. The van der Waals surface area contributed by atoms with Crippen LogP contribution in [0.3, 0.4) is 0 Å². The molecule has 0 aromatic heterocycles. The van der Waals surface area contributed by atoms with E-state index in [9.17, 15) is 4.79 Å². The zero-order valence-corrected chi connectivity index (χ0v) is 15.0. The molecule has 0 saturated carbocycles. The summed E-state index contributed by atoms with van der Waals surface area (Å²) in [5.41, 5.74) is 2.98. The SMILES string of the molecule is CCN1C(=O)[C@@H](Cc2ccc(OC)c(OC)c2OC)c2ccccc21. The number of carbonyl (C=O) groups is 1. The molecule has 0 saturated heterocycles. The van der Waals surface area contributed by atoms with Gasteiger partial charge in [0.05, 0.1) is 27.2 Å². The minimum Gasteiger partial charge on any atom is -0.493 e. The third-order valence-corrected chi connectivity index (χ3v) is 4.69. The van der Waals surface area contributed by atoms with Crippen molar-refractivity contribution in [1.82, 2.24) is 0 Å². The Morgan fingerprint density at radius 2 is 1.68 bits per heavy atom. The number of para-hydroxylation sites is 1. The van der Waals surface area contributed by atoms with Gasteiger partial charge >= 0.3 is 0 Å². The topological polar surface area (TPSA) is 48.0 Å². The number of methoxy groups -OCH3 is 3. The fraction of sp³-hybridized carbons (Fsp3) is 0.350. The molecule has 0 spiro atoms. The summed E-state index contributed by atoms with van der Waals surface area (Å²) in [6, 6.07) is 11.8. The van der Waals surface area contributed by atoms with E-state index in [1.165, 1.54) is 0 Å². The first kappa shape index (κ1) is 17.1. The molecule has 5 heteroatoms. The molecule has 0 N–H and O–H groups in total. The Kier molecular flexibility index (Phi) is 4.83. The van der Waals surface area contributed by atoms with Gasteiger partial charge in [0.15, 0.2) is 11.5 Å². The highest BCUT2D eigenvalue weighted by Crippen LogP contribution is 2.44. The van der Waals surface area contributed by atoms with Crippen LogP contribution in [0.4, 0.5) is 5.69 Å². The fourth-order valence-corrected chi connectivity index (χ4v) is 3.54. The third-order valence-electron chi connectivity index (χ3n) is 4.69. The van der Waals surface area contributed by atoms with Crippen molar-refractivity contribution < 1.29 is 19.0 Å². The number of hydrogen-bond donors (Lipinski definition) is 0. The van der Waals surface area contributed by atoms with E-state index >= 15 is 0 Å². The summed E-state index contributed by atoms with van der Waals surface area (Å²) < 4.78 is 16.4. The maximum atomic E-state index is 12.9. The van der Waals surface area contributed by atoms with Crippen molar-refractivity contribution in [2.24, 2.45) is 0 Å². The van der Waals surface area contributed by atoms with Gasteiger partial charge in [-0.2, -0.15) is 0 Å². The minimum absolute atomic E-state index is 0.125. The van der Waals surface area contributed by atoms with Crippen LogP contribution >= 0.6 is 0 Å². The molecular weight excluding hydrogens is 318 g/mol. The number of fused-ring (bicyclic) bond motifs is 1. The number of hydrogen-bond acceptors (Lipinski definition) is 4. The lowest BCUT2D eigenvalue weighted by molar-refractivity contribution is -0.119. The highest BCUT2D eigenvalue weighted by molar-refractivity contribution is 6.05. The maximum Gasteiger partial charge on any atom is 0.234 e. The van der Waals surface area contributed by atoms with E-state index in [1.54, 1.807) is 21.3 Å². The number of anilines is 1. The van der Waals surface area contributed by atoms with Gasteiger partial charge in [-0.3, -0.25) is 4.79 Å². The van der Waals surface area contributed by atoms with E-state index < -0.39 is 0 Å². The summed E-state index contributed by atoms with van der Waals surface area (Å²) in [6.45, 7) is 2.66. The van der Waals surface area contributed by atoms with Gasteiger partial charge < -0.3 is 19.1 Å². The van der Waals surface area contributed by atoms with Crippen LogP contribution in [0, 0.1) is 0 Å². The molecule has 0 unspecified atom stereocenters. The molecule has 1 atom stereocenters. The van der Waals surface area contributed by atoms with Crippen molar-refractivity contribution in [3.63, 3.8) is 0 Å². The molecule has 1 heterocycles. The summed E-state index contributed by atoms with van der Waals surface area (Å²) in [6.07, 6.45) is 0.551. The molecule has 2 aromatic carbocycles. The van der Waals surface area contributed by atoms with Crippen LogP contribution in [-0.4, -0.2) is 33.8 Å². The monoisotopic (exact) mass is 341 g/mol. The second-order valence-corrected chi connectivity index (χ2v) is 5.89. The number of likely N-dealkylation sites (N-methyl/N-ethyl adjacent to an activating group) is 1. The van der Waals surface area contributed by atoms with Gasteiger partial charge in [-0.25, -0.2) is 0 Å². The van der Waals surface area contributed by atoms with E-state index in [0.29, 0.717) is 30.2 Å². The van der Waals surface area contributed by atoms with Crippen LogP contribution in [0.2, 0.25) is 0 Å². The molecule has 5 nitrogen and oxygen atoms in total. The Labute approximate surface area is 148 Å². The minimum atomic E-state index is -0.219. The fourth-order valence-electron chi connectivity index (χ4n) is 3.54. The van der Waals surface area contributed by atoms with Crippen LogP contribution in [0.25, 0.3) is 0 Å². The maximum absolute atomic E-state index is 12.9. The van der Waals surface area contributed by atoms with Crippen LogP contribution in [0.15, 0.2) is 36.4 Å².